The minimum Gasteiger partial charge on any atom is -0.465 e. The van der Waals surface area contributed by atoms with E-state index >= 15 is 0 Å². The summed E-state index contributed by atoms with van der Waals surface area (Å²) in [4.78, 5) is 0.0962. The standard InChI is InChI=1S/C13H21NO4S/c1-9-12(8-15)13(10(2)18-9)19(16,17)14-7-3-4-11-5-6-11/h11,14-15H,3-8H2,1-2H3. The number of rotatable bonds is 7. The topological polar surface area (TPSA) is 79.5 Å². The number of furan rings is 1. The number of hydrogen-bond donors (Lipinski definition) is 2. The molecule has 108 valence electrons. The maximum Gasteiger partial charge on any atom is 0.244 e. The summed E-state index contributed by atoms with van der Waals surface area (Å²) in [6.45, 7) is 3.37. The summed E-state index contributed by atoms with van der Waals surface area (Å²) in [6, 6.07) is 0. The van der Waals surface area contributed by atoms with Crippen LogP contribution in [0.15, 0.2) is 9.31 Å². The van der Waals surface area contributed by atoms with E-state index < -0.39 is 10.0 Å². The highest BCUT2D eigenvalue weighted by atomic mass is 32.2. The highest BCUT2D eigenvalue weighted by Crippen LogP contribution is 2.33. The zero-order valence-corrected chi connectivity index (χ0v) is 12.2. The van der Waals surface area contributed by atoms with E-state index in [-0.39, 0.29) is 11.5 Å². The van der Waals surface area contributed by atoms with Crippen molar-refractivity contribution in [1.29, 1.82) is 0 Å². The van der Waals surface area contributed by atoms with E-state index in [0.29, 0.717) is 23.6 Å². The fraction of sp³-hybridized carbons (Fsp3) is 0.692. The summed E-state index contributed by atoms with van der Waals surface area (Å²) < 4.78 is 32.3. The smallest absolute Gasteiger partial charge is 0.244 e. The molecule has 0 saturated heterocycles. The second kappa shape index (κ2) is 5.64. The first-order chi connectivity index (χ1) is 8.95. The fourth-order valence-electron chi connectivity index (χ4n) is 2.32. The first-order valence-electron chi connectivity index (χ1n) is 6.65. The van der Waals surface area contributed by atoms with E-state index in [4.69, 9.17) is 4.42 Å². The van der Waals surface area contributed by atoms with Gasteiger partial charge >= 0.3 is 0 Å². The van der Waals surface area contributed by atoms with Crippen LogP contribution in [0.3, 0.4) is 0 Å². The van der Waals surface area contributed by atoms with Crippen molar-refractivity contribution < 1.29 is 17.9 Å². The Labute approximate surface area is 114 Å². The average Bonchev–Trinajstić information content (AvgIpc) is 3.09. The van der Waals surface area contributed by atoms with Gasteiger partial charge in [0.2, 0.25) is 10.0 Å². The van der Waals surface area contributed by atoms with Crippen LogP contribution in [0, 0.1) is 19.8 Å². The number of hydrogen-bond acceptors (Lipinski definition) is 4. The third kappa shape index (κ3) is 3.38. The predicted molar refractivity (Wildman–Crippen MR) is 71.3 cm³/mol. The molecule has 0 spiro atoms. The summed E-state index contributed by atoms with van der Waals surface area (Å²) >= 11 is 0. The van der Waals surface area contributed by atoms with E-state index in [1.165, 1.54) is 12.8 Å². The lowest BCUT2D eigenvalue weighted by Crippen LogP contribution is -2.26. The molecule has 0 aliphatic heterocycles. The van der Waals surface area contributed by atoms with Crippen LogP contribution in [0.2, 0.25) is 0 Å². The first kappa shape index (κ1) is 14.6. The molecule has 1 fully saturated rings. The summed E-state index contributed by atoms with van der Waals surface area (Å²) in [5, 5.41) is 9.28. The van der Waals surface area contributed by atoms with E-state index in [1.54, 1.807) is 13.8 Å². The van der Waals surface area contributed by atoms with Crippen molar-refractivity contribution in [1.82, 2.24) is 4.72 Å². The lowest BCUT2D eigenvalue weighted by atomic mass is 10.2. The molecule has 0 aromatic carbocycles. The number of aliphatic hydroxyl groups excluding tert-OH is 1. The number of nitrogens with one attached hydrogen (secondary N) is 1. The summed E-state index contributed by atoms with van der Waals surface area (Å²) in [5.74, 6) is 1.59. The second-order valence-electron chi connectivity index (χ2n) is 5.16. The van der Waals surface area contributed by atoms with Gasteiger partial charge in [-0.2, -0.15) is 0 Å². The molecule has 1 aliphatic rings. The Hall–Kier alpha value is -0.850. The third-order valence-electron chi connectivity index (χ3n) is 3.53. The highest BCUT2D eigenvalue weighted by Gasteiger charge is 2.26. The predicted octanol–water partition coefficient (Wildman–Crippen LogP) is 1.86. The SMILES string of the molecule is Cc1oc(C)c(S(=O)(=O)NCCCC2CC2)c1CO. The Balaban J connectivity index is 2.05. The Morgan fingerprint density at radius 2 is 2.00 bits per heavy atom. The van der Waals surface area contributed by atoms with Gasteiger partial charge < -0.3 is 9.52 Å². The van der Waals surface area contributed by atoms with Crippen LogP contribution in [0.5, 0.6) is 0 Å². The van der Waals surface area contributed by atoms with Gasteiger partial charge in [-0.25, -0.2) is 13.1 Å². The van der Waals surface area contributed by atoms with Gasteiger partial charge in [-0.15, -0.1) is 0 Å². The van der Waals surface area contributed by atoms with Crippen molar-refractivity contribution in [2.45, 2.75) is 51.0 Å². The largest absolute Gasteiger partial charge is 0.465 e. The van der Waals surface area contributed by atoms with Crippen molar-refractivity contribution >= 4 is 10.0 Å². The molecule has 19 heavy (non-hydrogen) atoms. The maximum atomic E-state index is 12.2. The van der Waals surface area contributed by atoms with E-state index in [9.17, 15) is 13.5 Å². The zero-order valence-electron chi connectivity index (χ0n) is 11.4. The van der Waals surface area contributed by atoms with E-state index in [2.05, 4.69) is 4.72 Å². The lowest BCUT2D eigenvalue weighted by molar-refractivity contribution is 0.276. The molecule has 1 saturated carbocycles. The van der Waals surface area contributed by atoms with Crippen molar-refractivity contribution in [2.75, 3.05) is 6.54 Å². The highest BCUT2D eigenvalue weighted by molar-refractivity contribution is 7.89. The Kier molecular flexibility index (Phi) is 4.32. The quantitative estimate of drug-likeness (QED) is 0.750. The summed E-state index contributed by atoms with van der Waals surface area (Å²) in [5.41, 5.74) is 0.354. The van der Waals surface area contributed by atoms with Crippen LogP contribution >= 0.6 is 0 Å². The number of aliphatic hydroxyl groups is 1. The van der Waals surface area contributed by atoms with Gasteiger partial charge in [-0.3, -0.25) is 0 Å². The maximum absolute atomic E-state index is 12.2. The molecule has 1 aliphatic carbocycles. The molecule has 1 aromatic rings. The van der Waals surface area contributed by atoms with Crippen LogP contribution in [-0.2, 0) is 16.6 Å². The van der Waals surface area contributed by atoms with Crippen molar-refractivity contribution in [2.24, 2.45) is 5.92 Å². The van der Waals surface area contributed by atoms with Gasteiger partial charge in [0, 0.05) is 12.1 Å². The van der Waals surface area contributed by atoms with Crippen molar-refractivity contribution in [3.8, 4) is 0 Å². The lowest BCUT2D eigenvalue weighted by Gasteiger charge is -2.07. The van der Waals surface area contributed by atoms with Crippen LogP contribution in [0.1, 0.15) is 42.8 Å². The van der Waals surface area contributed by atoms with E-state index in [0.717, 1.165) is 18.8 Å². The van der Waals surface area contributed by atoms with E-state index in [1.807, 2.05) is 0 Å². The minimum atomic E-state index is -3.59. The normalized spacial score (nSPS) is 15.9. The van der Waals surface area contributed by atoms with Crippen LogP contribution in [0.4, 0.5) is 0 Å². The summed E-state index contributed by atoms with van der Waals surface area (Å²) in [6.07, 6.45) is 4.50. The minimum absolute atomic E-state index is 0.0962. The van der Waals surface area contributed by atoms with Gasteiger partial charge in [-0.05, 0) is 32.6 Å². The Morgan fingerprint density at radius 3 is 2.58 bits per heavy atom. The average molecular weight is 287 g/mol. The van der Waals surface area contributed by atoms with Crippen molar-refractivity contribution in [3.63, 3.8) is 0 Å². The van der Waals surface area contributed by atoms with Gasteiger partial charge in [0.15, 0.2) is 0 Å². The Bertz CT molecular complexity index is 543. The van der Waals surface area contributed by atoms with Crippen molar-refractivity contribution in [3.05, 3.63) is 17.1 Å². The van der Waals surface area contributed by atoms with Gasteiger partial charge in [-0.1, -0.05) is 12.8 Å². The molecular weight excluding hydrogens is 266 g/mol. The molecule has 0 atom stereocenters. The molecule has 1 aromatic heterocycles. The van der Waals surface area contributed by atoms with Gasteiger partial charge in [0.05, 0.1) is 6.61 Å². The molecule has 0 amide bonds. The van der Waals surface area contributed by atoms with Gasteiger partial charge in [0.25, 0.3) is 0 Å². The summed E-state index contributed by atoms with van der Waals surface area (Å²) in [7, 11) is -3.59. The van der Waals surface area contributed by atoms with Gasteiger partial charge in [0.1, 0.15) is 16.4 Å². The fourth-order valence-corrected chi connectivity index (χ4v) is 3.83. The van der Waals surface area contributed by atoms with Crippen LogP contribution in [0.25, 0.3) is 0 Å². The molecular formula is C13H21NO4S. The molecule has 6 heteroatoms. The molecule has 2 N–H and O–H groups in total. The Morgan fingerprint density at radius 1 is 1.32 bits per heavy atom. The monoisotopic (exact) mass is 287 g/mol. The third-order valence-corrected chi connectivity index (χ3v) is 5.19. The number of aryl methyl sites for hydroxylation is 2. The molecule has 2 rings (SSSR count). The molecule has 0 radical (unpaired) electrons. The second-order valence-corrected chi connectivity index (χ2v) is 6.87. The van der Waals surface area contributed by atoms with Crippen LogP contribution < -0.4 is 4.72 Å². The number of sulfonamides is 1. The first-order valence-corrected chi connectivity index (χ1v) is 8.13. The molecule has 0 bridgehead atoms. The molecule has 5 nitrogen and oxygen atoms in total. The van der Waals surface area contributed by atoms with Crippen LogP contribution in [-0.4, -0.2) is 20.1 Å². The molecule has 0 unspecified atom stereocenters. The zero-order chi connectivity index (χ0) is 14.0. The molecule has 1 heterocycles.